The molecule has 1 saturated carbocycles. The molecule has 2 atom stereocenters. The van der Waals surface area contributed by atoms with Crippen molar-refractivity contribution in [1.29, 1.82) is 0 Å². The Morgan fingerprint density at radius 2 is 1.80 bits per heavy atom. The van der Waals surface area contributed by atoms with Gasteiger partial charge in [-0.05, 0) is 48.1 Å². The molecule has 6 N–H and O–H groups in total. The SMILES string of the molecule is NC(=O)c1cc(F)c(N[C@@H]2CCCC[C@@H]2N)nc1Nc1cncc(-c2ccc3ccncc3c2)c1. The minimum Gasteiger partial charge on any atom is -0.365 e. The standard InChI is InChI=1S/C26H26FN7O/c27-21-11-20(24(29)35)25(34-26(21)33-23-4-2-1-3-22(23)28)32-19-10-18(13-31-14-19)16-6-5-15-7-8-30-12-17(15)9-16/h5-14,22-23H,1-4,28H2,(H2,29,35)(H2,32,33,34)/t22-,23+/m0/s1. The third-order valence-electron chi connectivity index (χ3n) is 6.36. The third-order valence-corrected chi connectivity index (χ3v) is 6.36. The highest BCUT2D eigenvalue weighted by Gasteiger charge is 2.24. The molecule has 0 aliphatic heterocycles. The maximum Gasteiger partial charge on any atom is 0.252 e. The Labute approximate surface area is 202 Å². The van der Waals surface area contributed by atoms with Gasteiger partial charge in [0.05, 0.1) is 17.4 Å². The number of amides is 1. The van der Waals surface area contributed by atoms with E-state index in [4.69, 9.17) is 11.5 Å². The fourth-order valence-electron chi connectivity index (χ4n) is 4.46. The number of nitrogens with one attached hydrogen (secondary N) is 2. The lowest BCUT2D eigenvalue weighted by Gasteiger charge is -2.30. The van der Waals surface area contributed by atoms with E-state index in [2.05, 4.69) is 25.6 Å². The summed E-state index contributed by atoms with van der Waals surface area (Å²) in [5, 5.41) is 8.31. The van der Waals surface area contributed by atoms with Crippen LogP contribution >= 0.6 is 0 Å². The summed E-state index contributed by atoms with van der Waals surface area (Å²) in [5.74, 6) is -1.26. The Kier molecular flexibility index (Phi) is 6.24. The fraction of sp³-hybridized carbons (Fsp3) is 0.231. The van der Waals surface area contributed by atoms with E-state index in [1.165, 1.54) is 0 Å². The van der Waals surface area contributed by atoms with Crippen LogP contribution in [0.1, 0.15) is 36.0 Å². The summed E-state index contributed by atoms with van der Waals surface area (Å²) in [6.45, 7) is 0. The zero-order chi connectivity index (χ0) is 24.4. The van der Waals surface area contributed by atoms with E-state index in [-0.39, 0.29) is 29.3 Å². The zero-order valence-corrected chi connectivity index (χ0v) is 19.0. The van der Waals surface area contributed by atoms with E-state index >= 15 is 0 Å². The molecule has 3 heterocycles. The van der Waals surface area contributed by atoms with Crippen LogP contribution in [0.2, 0.25) is 0 Å². The summed E-state index contributed by atoms with van der Waals surface area (Å²) in [6, 6.07) is 10.8. The number of pyridine rings is 3. The van der Waals surface area contributed by atoms with E-state index in [1.807, 2.05) is 36.5 Å². The minimum atomic E-state index is -0.786. The number of carbonyl (C=O) groups is 1. The first-order chi connectivity index (χ1) is 17.0. The van der Waals surface area contributed by atoms with Crippen molar-refractivity contribution >= 4 is 34.0 Å². The molecule has 1 aliphatic carbocycles. The number of nitrogens with two attached hydrogens (primary N) is 2. The van der Waals surface area contributed by atoms with E-state index in [9.17, 15) is 9.18 Å². The number of primary amides is 1. The summed E-state index contributed by atoms with van der Waals surface area (Å²) < 4.78 is 14.8. The smallest absolute Gasteiger partial charge is 0.252 e. The van der Waals surface area contributed by atoms with Gasteiger partial charge in [0, 0.05) is 41.6 Å². The highest BCUT2D eigenvalue weighted by atomic mass is 19.1. The number of hydrogen-bond donors (Lipinski definition) is 4. The Hall–Kier alpha value is -4.11. The van der Waals surface area contributed by atoms with E-state index in [1.54, 1.807) is 18.6 Å². The third kappa shape index (κ3) is 4.90. The summed E-state index contributed by atoms with van der Waals surface area (Å²) in [5.41, 5.74) is 14.1. The molecule has 0 unspecified atom stereocenters. The minimum absolute atomic E-state index is 0.0333. The van der Waals surface area contributed by atoms with E-state index < -0.39 is 11.7 Å². The quantitative estimate of drug-likeness (QED) is 0.329. The number of aromatic nitrogens is 3. The lowest BCUT2D eigenvalue weighted by Crippen LogP contribution is -2.43. The molecule has 35 heavy (non-hydrogen) atoms. The summed E-state index contributed by atoms with van der Waals surface area (Å²) in [7, 11) is 0. The predicted octanol–water partition coefficient (Wildman–Crippen LogP) is 4.36. The number of fused-ring (bicyclic) bond motifs is 1. The maximum atomic E-state index is 14.8. The monoisotopic (exact) mass is 471 g/mol. The Bertz CT molecular complexity index is 1390. The first kappa shape index (κ1) is 22.7. The van der Waals surface area contributed by atoms with Crippen molar-refractivity contribution in [3.8, 4) is 11.1 Å². The predicted molar refractivity (Wildman–Crippen MR) is 135 cm³/mol. The molecule has 4 aromatic rings. The maximum absolute atomic E-state index is 14.8. The van der Waals surface area contributed by atoms with Crippen molar-refractivity contribution in [2.45, 2.75) is 37.8 Å². The molecule has 1 amide bonds. The van der Waals surface area contributed by atoms with Gasteiger partial charge in [-0.1, -0.05) is 25.0 Å². The lowest BCUT2D eigenvalue weighted by molar-refractivity contribution is 0.100. The van der Waals surface area contributed by atoms with Crippen LogP contribution in [-0.4, -0.2) is 32.9 Å². The van der Waals surface area contributed by atoms with Crippen LogP contribution in [0.4, 0.5) is 21.7 Å². The van der Waals surface area contributed by atoms with Crippen LogP contribution in [0.5, 0.6) is 0 Å². The second-order valence-electron chi connectivity index (χ2n) is 8.80. The number of benzene rings is 1. The zero-order valence-electron chi connectivity index (χ0n) is 19.0. The first-order valence-corrected chi connectivity index (χ1v) is 11.6. The van der Waals surface area contributed by atoms with Gasteiger partial charge >= 0.3 is 0 Å². The molecule has 1 aromatic carbocycles. The number of hydrogen-bond acceptors (Lipinski definition) is 7. The molecule has 0 radical (unpaired) electrons. The van der Waals surface area contributed by atoms with Crippen molar-refractivity contribution in [3.05, 3.63) is 72.6 Å². The first-order valence-electron chi connectivity index (χ1n) is 11.6. The number of anilines is 3. The van der Waals surface area contributed by atoms with Crippen LogP contribution in [0.3, 0.4) is 0 Å². The molecule has 0 bridgehead atoms. The number of nitrogens with zero attached hydrogens (tertiary/aromatic N) is 3. The van der Waals surface area contributed by atoms with E-state index in [0.29, 0.717) is 5.69 Å². The van der Waals surface area contributed by atoms with Crippen molar-refractivity contribution in [2.24, 2.45) is 11.5 Å². The molecule has 5 rings (SSSR count). The Balaban J connectivity index is 1.46. The highest BCUT2D eigenvalue weighted by Crippen LogP contribution is 2.29. The van der Waals surface area contributed by atoms with Crippen molar-refractivity contribution in [1.82, 2.24) is 15.0 Å². The summed E-state index contributed by atoms with van der Waals surface area (Å²) in [6.07, 6.45) is 10.7. The number of rotatable bonds is 6. The van der Waals surface area contributed by atoms with Gasteiger partial charge in [0.25, 0.3) is 5.91 Å². The molecule has 1 fully saturated rings. The van der Waals surface area contributed by atoms with Gasteiger partial charge in [-0.25, -0.2) is 9.37 Å². The largest absolute Gasteiger partial charge is 0.365 e. The van der Waals surface area contributed by atoms with Crippen LogP contribution in [0.25, 0.3) is 21.9 Å². The van der Waals surface area contributed by atoms with Crippen LogP contribution in [0, 0.1) is 5.82 Å². The molecule has 9 heteroatoms. The average Bonchev–Trinajstić information content (AvgIpc) is 2.87. The lowest BCUT2D eigenvalue weighted by atomic mass is 9.91. The topological polar surface area (TPSA) is 132 Å². The fourth-order valence-corrected chi connectivity index (χ4v) is 4.46. The van der Waals surface area contributed by atoms with Gasteiger partial charge in [-0.2, -0.15) is 0 Å². The van der Waals surface area contributed by atoms with Crippen LogP contribution in [-0.2, 0) is 0 Å². The Morgan fingerprint density at radius 3 is 2.63 bits per heavy atom. The van der Waals surface area contributed by atoms with Gasteiger partial charge < -0.3 is 22.1 Å². The second-order valence-corrected chi connectivity index (χ2v) is 8.80. The normalized spacial score (nSPS) is 17.8. The van der Waals surface area contributed by atoms with Gasteiger partial charge in [-0.3, -0.25) is 14.8 Å². The molecule has 0 spiro atoms. The highest BCUT2D eigenvalue weighted by molar-refractivity contribution is 5.98. The van der Waals surface area contributed by atoms with Gasteiger partial charge in [0.1, 0.15) is 5.82 Å². The Morgan fingerprint density at radius 1 is 0.943 bits per heavy atom. The molecular formula is C26H26FN7O. The molecule has 8 nitrogen and oxygen atoms in total. The molecular weight excluding hydrogens is 445 g/mol. The van der Waals surface area contributed by atoms with Crippen molar-refractivity contribution in [2.75, 3.05) is 10.6 Å². The number of halogens is 1. The van der Waals surface area contributed by atoms with Gasteiger partial charge in [0.2, 0.25) is 0 Å². The van der Waals surface area contributed by atoms with Crippen molar-refractivity contribution in [3.63, 3.8) is 0 Å². The van der Waals surface area contributed by atoms with E-state index in [0.717, 1.165) is 53.6 Å². The molecule has 3 aromatic heterocycles. The number of carbonyl (C=O) groups excluding carboxylic acids is 1. The summed E-state index contributed by atoms with van der Waals surface area (Å²) >= 11 is 0. The molecule has 0 saturated heterocycles. The van der Waals surface area contributed by atoms with Crippen molar-refractivity contribution < 1.29 is 9.18 Å². The molecule has 178 valence electrons. The van der Waals surface area contributed by atoms with Gasteiger partial charge in [0.15, 0.2) is 11.6 Å². The average molecular weight is 472 g/mol. The summed E-state index contributed by atoms with van der Waals surface area (Å²) in [4.78, 5) is 24.9. The van der Waals surface area contributed by atoms with Crippen LogP contribution in [0.15, 0.2) is 61.2 Å². The second kappa shape index (κ2) is 9.63. The van der Waals surface area contributed by atoms with Gasteiger partial charge in [-0.15, -0.1) is 0 Å². The molecule has 1 aliphatic rings. The van der Waals surface area contributed by atoms with Crippen LogP contribution < -0.4 is 22.1 Å².